The van der Waals surface area contributed by atoms with Crippen molar-refractivity contribution in [2.45, 2.75) is 31.2 Å². The first kappa shape index (κ1) is 17.4. The van der Waals surface area contributed by atoms with E-state index in [1.54, 1.807) is 13.3 Å². The largest absolute Gasteiger partial charge is 0.497 e. The number of nitrogens with zero attached hydrogens (tertiary/aromatic N) is 2. The maximum Gasteiger partial charge on any atom is 0.233 e. The summed E-state index contributed by atoms with van der Waals surface area (Å²) in [6.45, 7) is 6.74. The van der Waals surface area contributed by atoms with Gasteiger partial charge in [0.1, 0.15) is 5.75 Å². The third-order valence-corrected chi connectivity index (χ3v) is 4.37. The van der Waals surface area contributed by atoms with E-state index in [9.17, 15) is 4.79 Å². The molecule has 2 aromatic rings. The van der Waals surface area contributed by atoms with Crippen LogP contribution in [0.3, 0.4) is 0 Å². The molecule has 23 heavy (non-hydrogen) atoms. The van der Waals surface area contributed by atoms with Gasteiger partial charge >= 0.3 is 0 Å². The minimum absolute atomic E-state index is 0.0352. The minimum Gasteiger partial charge on any atom is -0.497 e. The van der Waals surface area contributed by atoms with Crippen LogP contribution in [-0.4, -0.2) is 34.4 Å². The Morgan fingerprint density at radius 3 is 2.61 bits per heavy atom. The third-order valence-electron chi connectivity index (χ3n) is 3.29. The van der Waals surface area contributed by atoms with E-state index in [2.05, 4.69) is 24.1 Å². The van der Waals surface area contributed by atoms with Gasteiger partial charge in [-0.15, -0.1) is 0 Å². The molecule has 2 rings (SSSR count). The quantitative estimate of drug-likeness (QED) is 0.791. The highest BCUT2D eigenvalue weighted by Gasteiger charge is 2.17. The number of aromatic nitrogens is 2. The first-order chi connectivity index (χ1) is 11.0. The van der Waals surface area contributed by atoms with Crippen molar-refractivity contribution in [3.8, 4) is 11.4 Å². The Hall–Kier alpha value is -1.95. The van der Waals surface area contributed by atoms with E-state index in [0.717, 1.165) is 16.6 Å². The molecule has 5 nitrogen and oxygen atoms in total. The molecule has 0 saturated heterocycles. The second-order valence-electron chi connectivity index (χ2n) is 5.68. The van der Waals surface area contributed by atoms with Crippen LogP contribution in [0.5, 0.6) is 5.75 Å². The van der Waals surface area contributed by atoms with Crippen molar-refractivity contribution < 1.29 is 9.53 Å². The molecule has 0 fully saturated rings. The second kappa shape index (κ2) is 8.06. The van der Waals surface area contributed by atoms with Gasteiger partial charge in [-0.3, -0.25) is 9.36 Å². The number of ether oxygens (including phenoxy) is 1. The number of methoxy groups -OCH3 is 1. The molecular weight excluding hydrogens is 310 g/mol. The maximum absolute atomic E-state index is 12.1. The zero-order valence-corrected chi connectivity index (χ0v) is 14.8. The predicted molar refractivity (Wildman–Crippen MR) is 93.3 cm³/mol. The number of carbonyl (C=O) groups is 1. The van der Waals surface area contributed by atoms with Gasteiger partial charge in [-0.2, -0.15) is 0 Å². The molecule has 6 heteroatoms. The topological polar surface area (TPSA) is 56.2 Å². The fourth-order valence-corrected chi connectivity index (χ4v) is 2.88. The van der Waals surface area contributed by atoms with Crippen LogP contribution < -0.4 is 10.1 Å². The molecule has 0 radical (unpaired) electrons. The fraction of sp³-hybridized carbons (Fsp3) is 0.412. The normalized spacial score (nSPS) is 12.2. The summed E-state index contributed by atoms with van der Waals surface area (Å²) >= 11 is 1.45. The zero-order valence-electron chi connectivity index (χ0n) is 13.9. The minimum atomic E-state index is -0.201. The second-order valence-corrected chi connectivity index (χ2v) is 6.98. The van der Waals surface area contributed by atoms with Crippen LogP contribution >= 0.6 is 11.8 Å². The molecule has 0 bridgehead atoms. The lowest BCUT2D eigenvalue weighted by molar-refractivity contribution is -0.120. The lowest BCUT2D eigenvalue weighted by Crippen LogP contribution is -2.33. The van der Waals surface area contributed by atoms with Gasteiger partial charge in [-0.25, -0.2) is 4.98 Å². The Bertz CT molecular complexity index is 638. The van der Waals surface area contributed by atoms with Crippen LogP contribution in [0.2, 0.25) is 0 Å². The molecule has 0 unspecified atom stereocenters. The Morgan fingerprint density at radius 1 is 1.30 bits per heavy atom. The maximum atomic E-state index is 12.1. The van der Waals surface area contributed by atoms with Crippen LogP contribution in [0, 0.1) is 5.92 Å². The molecule has 124 valence electrons. The van der Waals surface area contributed by atoms with Crippen LogP contribution in [0.1, 0.15) is 20.8 Å². The van der Waals surface area contributed by atoms with Gasteiger partial charge in [0.2, 0.25) is 5.91 Å². The summed E-state index contributed by atoms with van der Waals surface area (Å²) in [5, 5.41) is 3.55. The highest BCUT2D eigenvalue weighted by atomic mass is 32.2. The number of imidazole rings is 1. The molecule has 1 atom stereocenters. The summed E-state index contributed by atoms with van der Waals surface area (Å²) in [6.07, 6.45) is 3.63. The van der Waals surface area contributed by atoms with Crippen molar-refractivity contribution in [1.82, 2.24) is 14.9 Å². The number of hydrogen-bond acceptors (Lipinski definition) is 4. The SMILES string of the molecule is COc1ccc(-n2ccnc2S[C@@H](C)C(=O)NCC(C)C)cc1. The number of benzene rings is 1. The van der Waals surface area contributed by atoms with Crippen molar-refractivity contribution in [3.63, 3.8) is 0 Å². The molecule has 0 aliphatic rings. The van der Waals surface area contributed by atoms with Gasteiger partial charge in [0.25, 0.3) is 0 Å². The van der Waals surface area contributed by atoms with Crippen LogP contribution in [0.25, 0.3) is 5.69 Å². The third kappa shape index (κ3) is 4.76. The molecule has 0 aliphatic carbocycles. The van der Waals surface area contributed by atoms with Crippen molar-refractivity contribution in [3.05, 3.63) is 36.7 Å². The summed E-state index contributed by atoms with van der Waals surface area (Å²) < 4.78 is 7.14. The number of carbonyl (C=O) groups excluding carboxylic acids is 1. The first-order valence-electron chi connectivity index (χ1n) is 7.63. The molecule has 1 aromatic carbocycles. The van der Waals surface area contributed by atoms with Gasteiger partial charge in [0, 0.05) is 24.6 Å². The molecule has 1 amide bonds. The number of nitrogens with one attached hydrogen (secondary N) is 1. The number of amides is 1. The first-order valence-corrected chi connectivity index (χ1v) is 8.51. The monoisotopic (exact) mass is 333 g/mol. The number of rotatable bonds is 7. The highest BCUT2D eigenvalue weighted by Crippen LogP contribution is 2.25. The summed E-state index contributed by atoms with van der Waals surface area (Å²) in [5.41, 5.74) is 0.987. The van der Waals surface area contributed by atoms with Gasteiger partial charge in [0.15, 0.2) is 5.16 Å². The molecule has 0 saturated carbocycles. The van der Waals surface area contributed by atoms with E-state index in [4.69, 9.17) is 4.74 Å². The Labute approximate surface area is 141 Å². The van der Waals surface area contributed by atoms with E-state index in [-0.39, 0.29) is 11.2 Å². The lowest BCUT2D eigenvalue weighted by atomic mass is 10.2. The van der Waals surface area contributed by atoms with Gasteiger partial charge in [-0.1, -0.05) is 25.6 Å². The average Bonchev–Trinajstić information content (AvgIpc) is 3.00. The molecule has 1 N–H and O–H groups in total. The van der Waals surface area contributed by atoms with Crippen molar-refractivity contribution in [1.29, 1.82) is 0 Å². The van der Waals surface area contributed by atoms with Crippen molar-refractivity contribution >= 4 is 17.7 Å². The number of thioether (sulfide) groups is 1. The van der Waals surface area contributed by atoms with E-state index in [0.29, 0.717) is 12.5 Å². The van der Waals surface area contributed by atoms with Crippen molar-refractivity contribution in [2.24, 2.45) is 5.92 Å². The fourth-order valence-electron chi connectivity index (χ4n) is 1.98. The van der Waals surface area contributed by atoms with E-state index in [1.165, 1.54) is 11.8 Å². The molecule has 1 heterocycles. The van der Waals surface area contributed by atoms with E-state index >= 15 is 0 Å². The smallest absolute Gasteiger partial charge is 0.233 e. The Kier molecular flexibility index (Phi) is 6.10. The summed E-state index contributed by atoms with van der Waals surface area (Å²) in [7, 11) is 1.64. The molecule has 0 aliphatic heterocycles. The molecular formula is C17H23N3O2S. The van der Waals surface area contributed by atoms with Gasteiger partial charge in [-0.05, 0) is 37.1 Å². The summed E-state index contributed by atoms with van der Waals surface area (Å²) in [6, 6.07) is 7.74. The Morgan fingerprint density at radius 2 is 2.00 bits per heavy atom. The Balaban J connectivity index is 2.06. The standard InChI is InChI=1S/C17H23N3O2S/c1-12(2)11-19-16(21)13(3)23-17-18-9-10-20(17)14-5-7-15(22-4)8-6-14/h5-10,12-13H,11H2,1-4H3,(H,19,21)/t13-/m0/s1. The molecule has 1 aromatic heterocycles. The average molecular weight is 333 g/mol. The molecule has 0 spiro atoms. The van der Waals surface area contributed by atoms with E-state index in [1.807, 2.05) is 42.0 Å². The van der Waals surface area contributed by atoms with Crippen LogP contribution in [0.4, 0.5) is 0 Å². The van der Waals surface area contributed by atoms with Gasteiger partial charge < -0.3 is 10.1 Å². The van der Waals surface area contributed by atoms with E-state index < -0.39 is 0 Å². The predicted octanol–water partition coefficient (Wildman–Crippen LogP) is 3.13. The summed E-state index contributed by atoms with van der Waals surface area (Å²) in [4.78, 5) is 16.5. The van der Waals surface area contributed by atoms with Crippen LogP contribution in [0.15, 0.2) is 41.8 Å². The van der Waals surface area contributed by atoms with Crippen molar-refractivity contribution in [2.75, 3.05) is 13.7 Å². The zero-order chi connectivity index (χ0) is 16.8. The van der Waals surface area contributed by atoms with Gasteiger partial charge in [0.05, 0.1) is 12.4 Å². The summed E-state index contributed by atoms with van der Waals surface area (Å²) in [5.74, 6) is 1.29. The lowest BCUT2D eigenvalue weighted by Gasteiger charge is -2.14. The van der Waals surface area contributed by atoms with Crippen LogP contribution in [-0.2, 0) is 4.79 Å². The number of hydrogen-bond donors (Lipinski definition) is 1. The highest BCUT2D eigenvalue weighted by molar-refractivity contribution is 8.00.